The lowest BCUT2D eigenvalue weighted by Crippen LogP contribution is -2.26. The third kappa shape index (κ3) is 2.02. The number of aryl methyl sites for hydroxylation is 1. The Balaban J connectivity index is 2.37. The second-order valence-electron chi connectivity index (χ2n) is 4.22. The highest BCUT2D eigenvalue weighted by molar-refractivity contribution is 9.10. The largest absolute Gasteiger partial charge is 0.328 e. The second-order valence-corrected chi connectivity index (χ2v) is 5.14. The molecule has 0 bridgehead atoms. The van der Waals surface area contributed by atoms with E-state index in [1.165, 1.54) is 5.56 Å². The van der Waals surface area contributed by atoms with Gasteiger partial charge in [-0.15, -0.1) is 0 Å². The van der Waals surface area contributed by atoms with E-state index in [1.807, 2.05) is 31.3 Å². The Bertz CT molecular complexity index is 708. The van der Waals surface area contributed by atoms with Gasteiger partial charge >= 0.3 is 5.65 Å². The molecular weight excluding hydrogens is 288 g/mol. The van der Waals surface area contributed by atoms with Gasteiger partial charge in [0, 0.05) is 24.6 Å². The average Bonchev–Trinajstić information content (AvgIpc) is 2.39. The van der Waals surface area contributed by atoms with E-state index in [4.69, 9.17) is 0 Å². The molecule has 3 heteroatoms. The topological polar surface area (TPSA) is 17.0 Å². The van der Waals surface area contributed by atoms with Crippen LogP contribution < -0.4 is 4.40 Å². The van der Waals surface area contributed by atoms with Crippen LogP contribution in [-0.4, -0.2) is 4.98 Å². The van der Waals surface area contributed by atoms with Gasteiger partial charge in [-0.2, -0.15) is 4.40 Å². The molecule has 2 nitrogen and oxygen atoms in total. The first-order chi connectivity index (χ1) is 8.74. The Kier molecular flexibility index (Phi) is 2.84. The highest BCUT2D eigenvalue weighted by Crippen LogP contribution is 2.17. The molecule has 0 aliphatic rings. The van der Waals surface area contributed by atoms with Crippen LogP contribution in [0.5, 0.6) is 0 Å². The lowest BCUT2D eigenvalue weighted by atomic mass is 10.1. The summed E-state index contributed by atoms with van der Waals surface area (Å²) in [5, 5.41) is 0. The van der Waals surface area contributed by atoms with Gasteiger partial charge in [0.25, 0.3) is 0 Å². The number of nitrogens with zero attached hydrogens (tertiary/aromatic N) is 2. The fraction of sp³-hybridized carbons (Fsp3) is 0.0667. The van der Waals surface area contributed by atoms with Crippen molar-refractivity contribution in [2.75, 3.05) is 0 Å². The first kappa shape index (κ1) is 11.4. The molecule has 0 saturated carbocycles. The van der Waals surface area contributed by atoms with E-state index in [0.29, 0.717) is 0 Å². The van der Waals surface area contributed by atoms with Crippen molar-refractivity contribution in [3.05, 3.63) is 64.9 Å². The van der Waals surface area contributed by atoms with Gasteiger partial charge in [0.05, 0.1) is 4.47 Å². The summed E-state index contributed by atoms with van der Waals surface area (Å²) in [6.07, 6.45) is 2.05. The molecule has 0 N–H and O–H groups in total. The summed E-state index contributed by atoms with van der Waals surface area (Å²) < 4.78 is 3.15. The zero-order chi connectivity index (χ0) is 12.5. The molecule has 0 amide bonds. The number of rotatable bonds is 1. The van der Waals surface area contributed by atoms with E-state index in [1.54, 1.807) is 0 Å². The van der Waals surface area contributed by atoms with Gasteiger partial charge in [0.1, 0.15) is 11.9 Å². The number of halogens is 1. The molecule has 0 aliphatic heterocycles. The van der Waals surface area contributed by atoms with Crippen LogP contribution in [0.4, 0.5) is 0 Å². The maximum atomic E-state index is 4.55. The van der Waals surface area contributed by atoms with Crippen LogP contribution in [0.2, 0.25) is 0 Å². The molecule has 0 radical (unpaired) electrons. The Morgan fingerprint density at radius 3 is 2.61 bits per heavy atom. The molecule has 3 rings (SSSR count). The number of hydrogen-bond acceptors (Lipinski definition) is 1. The molecule has 2 heterocycles. The standard InChI is InChI=1S/C15H12BrN2/c1-11-9-14(12-5-3-2-4-6-12)18-10-13(16)7-8-15(18)17-11/h2-10H,1H3/q+1. The zero-order valence-electron chi connectivity index (χ0n) is 9.97. The van der Waals surface area contributed by atoms with Gasteiger partial charge < -0.3 is 0 Å². The lowest BCUT2D eigenvalue weighted by molar-refractivity contribution is -0.503. The van der Waals surface area contributed by atoms with E-state index in [-0.39, 0.29) is 0 Å². The normalized spacial score (nSPS) is 10.8. The smallest absolute Gasteiger partial charge is 0.195 e. The van der Waals surface area contributed by atoms with Gasteiger partial charge in [-0.3, -0.25) is 0 Å². The molecule has 0 fully saturated rings. The number of aromatic nitrogens is 2. The van der Waals surface area contributed by atoms with Gasteiger partial charge in [-0.25, -0.2) is 0 Å². The van der Waals surface area contributed by atoms with Gasteiger partial charge in [-0.05, 0) is 27.0 Å². The minimum atomic E-state index is 0.956. The summed E-state index contributed by atoms with van der Waals surface area (Å²) in [5.41, 5.74) is 4.32. The fourth-order valence-electron chi connectivity index (χ4n) is 2.06. The Morgan fingerprint density at radius 1 is 1.06 bits per heavy atom. The minimum absolute atomic E-state index is 0.956. The first-order valence-corrected chi connectivity index (χ1v) is 6.57. The summed E-state index contributed by atoms with van der Waals surface area (Å²) in [5.74, 6) is 0. The summed E-state index contributed by atoms with van der Waals surface area (Å²) in [7, 11) is 0. The molecule has 0 atom stereocenters. The third-order valence-corrected chi connectivity index (χ3v) is 3.33. The number of hydrogen-bond donors (Lipinski definition) is 0. The number of fused-ring (bicyclic) bond motifs is 1. The van der Waals surface area contributed by atoms with E-state index in [9.17, 15) is 0 Å². The Morgan fingerprint density at radius 2 is 1.83 bits per heavy atom. The van der Waals surface area contributed by atoms with Gasteiger partial charge in [0.15, 0.2) is 5.69 Å². The van der Waals surface area contributed by atoms with Crippen molar-refractivity contribution < 1.29 is 4.40 Å². The third-order valence-electron chi connectivity index (χ3n) is 2.86. The summed E-state index contributed by atoms with van der Waals surface area (Å²) in [6.45, 7) is 2.02. The van der Waals surface area contributed by atoms with Gasteiger partial charge in [-0.1, -0.05) is 30.3 Å². The second kappa shape index (κ2) is 4.50. The fourth-order valence-corrected chi connectivity index (χ4v) is 2.40. The van der Waals surface area contributed by atoms with Crippen molar-refractivity contribution >= 4 is 21.6 Å². The molecule has 0 spiro atoms. The maximum Gasteiger partial charge on any atom is 0.328 e. The van der Waals surface area contributed by atoms with Crippen molar-refractivity contribution in [3.63, 3.8) is 0 Å². The van der Waals surface area contributed by atoms with Crippen LogP contribution >= 0.6 is 15.9 Å². The lowest BCUT2D eigenvalue weighted by Gasteiger charge is -2.03. The quantitative estimate of drug-likeness (QED) is 0.628. The van der Waals surface area contributed by atoms with E-state index in [0.717, 1.165) is 21.5 Å². The molecule has 1 aromatic carbocycles. The average molecular weight is 300 g/mol. The van der Waals surface area contributed by atoms with Crippen LogP contribution in [0.15, 0.2) is 59.2 Å². The molecule has 88 valence electrons. The molecule has 3 aromatic rings. The molecule has 2 aromatic heterocycles. The predicted molar refractivity (Wildman–Crippen MR) is 75.3 cm³/mol. The Labute approximate surface area is 114 Å². The highest BCUT2D eigenvalue weighted by Gasteiger charge is 2.13. The summed E-state index contributed by atoms with van der Waals surface area (Å²) >= 11 is 3.51. The maximum absolute atomic E-state index is 4.55. The van der Waals surface area contributed by atoms with Crippen molar-refractivity contribution in [3.8, 4) is 11.3 Å². The molecule has 0 aliphatic carbocycles. The van der Waals surface area contributed by atoms with Gasteiger partial charge in [0.2, 0.25) is 0 Å². The van der Waals surface area contributed by atoms with Crippen molar-refractivity contribution in [2.24, 2.45) is 0 Å². The zero-order valence-corrected chi connectivity index (χ0v) is 11.6. The molecule has 0 saturated heterocycles. The van der Waals surface area contributed by atoms with Crippen molar-refractivity contribution in [1.29, 1.82) is 0 Å². The van der Waals surface area contributed by atoms with Crippen molar-refractivity contribution in [1.82, 2.24) is 4.98 Å². The molecular formula is C15H12BrN2+. The highest BCUT2D eigenvalue weighted by atomic mass is 79.9. The minimum Gasteiger partial charge on any atom is -0.195 e. The number of benzene rings is 1. The monoisotopic (exact) mass is 299 g/mol. The number of pyridine rings is 1. The van der Waals surface area contributed by atoms with E-state index < -0.39 is 0 Å². The Hall–Kier alpha value is -1.74. The molecule has 0 unspecified atom stereocenters. The van der Waals surface area contributed by atoms with Crippen LogP contribution in [0.1, 0.15) is 5.69 Å². The summed E-state index contributed by atoms with van der Waals surface area (Å²) in [6, 6.07) is 16.5. The SMILES string of the molecule is Cc1cc(-c2ccccc2)[n+]2cc(Br)ccc2n1. The van der Waals surface area contributed by atoms with E-state index >= 15 is 0 Å². The first-order valence-electron chi connectivity index (χ1n) is 5.78. The molecule has 18 heavy (non-hydrogen) atoms. The van der Waals surface area contributed by atoms with Crippen LogP contribution in [0.3, 0.4) is 0 Å². The van der Waals surface area contributed by atoms with Crippen LogP contribution in [0.25, 0.3) is 16.9 Å². The van der Waals surface area contributed by atoms with Crippen molar-refractivity contribution in [2.45, 2.75) is 6.92 Å². The van der Waals surface area contributed by atoms with E-state index in [2.05, 4.69) is 55.6 Å². The van der Waals surface area contributed by atoms with Crippen LogP contribution in [-0.2, 0) is 0 Å². The predicted octanol–water partition coefficient (Wildman–Crippen LogP) is 3.56. The summed E-state index contributed by atoms with van der Waals surface area (Å²) in [4.78, 5) is 4.55. The van der Waals surface area contributed by atoms with Crippen LogP contribution in [0, 0.1) is 6.92 Å².